The molecule has 0 aliphatic carbocycles. The summed E-state index contributed by atoms with van der Waals surface area (Å²) >= 11 is 0. The maximum absolute atomic E-state index is 12.3. The molecule has 0 saturated heterocycles. The lowest BCUT2D eigenvalue weighted by molar-refractivity contribution is -0.274. The van der Waals surface area contributed by atoms with Crippen molar-refractivity contribution in [3.05, 3.63) is 60.2 Å². The number of fused-ring (bicyclic) bond motifs is 1. The van der Waals surface area contributed by atoms with Crippen LogP contribution in [0.15, 0.2) is 54.6 Å². The van der Waals surface area contributed by atoms with E-state index in [9.17, 15) is 23.1 Å². The number of aromatic nitrogens is 1. The molecule has 122 valence electrons. The molecular formula is C17H10F3NO3. The minimum absolute atomic E-state index is 0.0250. The predicted molar refractivity (Wildman–Crippen MR) is 80.8 cm³/mol. The van der Waals surface area contributed by atoms with Crippen LogP contribution in [0.2, 0.25) is 0 Å². The van der Waals surface area contributed by atoms with Crippen LogP contribution in [0.3, 0.4) is 0 Å². The number of nitrogens with zero attached hydrogens (tertiary/aromatic N) is 1. The van der Waals surface area contributed by atoms with Crippen molar-refractivity contribution in [2.24, 2.45) is 0 Å². The molecule has 0 bridgehead atoms. The summed E-state index contributed by atoms with van der Waals surface area (Å²) in [4.78, 5) is 15.6. The number of alkyl halides is 3. The molecule has 7 heteroatoms. The summed E-state index contributed by atoms with van der Waals surface area (Å²) in [5.74, 6) is -1.49. The fourth-order valence-electron chi connectivity index (χ4n) is 2.33. The van der Waals surface area contributed by atoms with E-state index in [-0.39, 0.29) is 16.8 Å². The second-order valence-electron chi connectivity index (χ2n) is 4.95. The normalized spacial score (nSPS) is 11.5. The number of rotatable bonds is 3. The number of halogens is 3. The SMILES string of the molecule is O=C(O)c1cccc2ccc(-c3cccc(OC(F)(F)F)c3)nc12. The highest BCUT2D eigenvalue weighted by Gasteiger charge is 2.31. The molecule has 1 heterocycles. The van der Waals surface area contributed by atoms with Gasteiger partial charge < -0.3 is 9.84 Å². The molecule has 1 aromatic heterocycles. The van der Waals surface area contributed by atoms with Crippen LogP contribution in [-0.4, -0.2) is 22.4 Å². The van der Waals surface area contributed by atoms with Crippen molar-refractivity contribution in [1.29, 1.82) is 0 Å². The monoisotopic (exact) mass is 333 g/mol. The summed E-state index contributed by atoms with van der Waals surface area (Å²) in [7, 11) is 0. The number of carboxylic acid groups (broad SMARTS) is 1. The Bertz CT molecular complexity index is 922. The van der Waals surface area contributed by atoms with E-state index >= 15 is 0 Å². The first-order chi connectivity index (χ1) is 11.3. The van der Waals surface area contributed by atoms with Crippen LogP contribution in [0.25, 0.3) is 22.2 Å². The third kappa shape index (κ3) is 3.29. The Hall–Kier alpha value is -3.09. The molecule has 0 amide bonds. The van der Waals surface area contributed by atoms with Crippen LogP contribution in [0.4, 0.5) is 13.2 Å². The van der Waals surface area contributed by atoms with Gasteiger partial charge in [-0.25, -0.2) is 9.78 Å². The third-order valence-electron chi connectivity index (χ3n) is 3.31. The van der Waals surface area contributed by atoms with Crippen molar-refractivity contribution >= 4 is 16.9 Å². The van der Waals surface area contributed by atoms with Gasteiger partial charge in [0.1, 0.15) is 5.75 Å². The highest BCUT2D eigenvalue weighted by Crippen LogP contribution is 2.28. The maximum Gasteiger partial charge on any atom is 0.573 e. The topological polar surface area (TPSA) is 59.4 Å². The lowest BCUT2D eigenvalue weighted by Crippen LogP contribution is -2.17. The zero-order valence-corrected chi connectivity index (χ0v) is 12.0. The molecule has 4 nitrogen and oxygen atoms in total. The smallest absolute Gasteiger partial charge is 0.478 e. The van der Waals surface area contributed by atoms with E-state index in [1.54, 1.807) is 30.3 Å². The number of carboxylic acids is 1. The Balaban J connectivity index is 2.08. The van der Waals surface area contributed by atoms with Crippen molar-refractivity contribution in [2.75, 3.05) is 0 Å². The molecule has 0 unspecified atom stereocenters. The number of ether oxygens (including phenoxy) is 1. The van der Waals surface area contributed by atoms with E-state index < -0.39 is 12.3 Å². The van der Waals surface area contributed by atoms with Crippen molar-refractivity contribution in [3.8, 4) is 17.0 Å². The number of hydrogen-bond donors (Lipinski definition) is 1. The van der Waals surface area contributed by atoms with Crippen molar-refractivity contribution in [3.63, 3.8) is 0 Å². The van der Waals surface area contributed by atoms with E-state index in [1.165, 1.54) is 24.3 Å². The van der Waals surface area contributed by atoms with Crippen molar-refractivity contribution < 1.29 is 27.8 Å². The van der Waals surface area contributed by atoms with Gasteiger partial charge in [0, 0.05) is 10.9 Å². The average Bonchev–Trinajstić information content (AvgIpc) is 2.52. The second kappa shape index (κ2) is 5.84. The highest BCUT2D eigenvalue weighted by atomic mass is 19.4. The molecule has 24 heavy (non-hydrogen) atoms. The molecule has 0 radical (unpaired) electrons. The molecule has 0 aliphatic heterocycles. The molecule has 0 saturated carbocycles. The molecule has 2 aromatic carbocycles. The van der Waals surface area contributed by atoms with Gasteiger partial charge in [-0.1, -0.05) is 30.3 Å². The largest absolute Gasteiger partial charge is 0.573 e. The first-order valence-corrected chi connectivity index (χ1v) is 6.83. The van der Waals surface area contributed by atoms with E-state index in [0.717, 1.165) is 0 Å². The molecule has 0 atom stereocenters. The Morgan fingerprint density at radius 3 is 2.50 bits per heavy atom. The minimum atomic E-state index is -4.79. The Morgan fingerprint density at radius 2 is 1.79 bits per heavy atom. The lowest BCUT2D eigenvalue weighted by Gasteiger charge is -2.10. The average molecular weight is 333 g/mol. The van der Waals surface area contributed by atoms with Gasteiger partial charge in [-0.3, -0.25) is 0 Å². The third-order valence-corrected chi connectivity index (χ3v) is 3.31. The zero-order valence-electron chi connectivity index (χ0n) is 12.0. The zero-order chi connectivity index (χ0) is 17.3. The van der Waals surface area contributed by atoms with Crippen LogP contribution in [0.5, 0.6) is 5.75 Å². The summed E-state index contributed by atoms with van der Waals surface area (Å²) in [6.07, 6.45) is -4.79. The van der Waals surface area contributed by atoms with Gasteiger partial charge in [0.15, 0.2) is 0 Å². The molecule has 0 fully saturated rings. The van der Waals surface area contributed by atoms with Gasteiger partial charge in [-0.05, 0) is 24.3 Å². The number of benzene rings is 2. The fourth-order valence-corrected chi connectivity index (χ4v) is 2.33. The summed E-state index contributed by atoms with van der Waals surface area (Å²) in [5, 5.41) is 9.86. The number of carbonyl (C=O) groups is 1. The van der Waals surface area contributed by atoms with Crippen LogP contribution in [0, 0.1) is 0 Å². The van der Waals surface area contributed by atoms with E-state index in [4.69, 9.17) is 0 Å². The highest BCUT2D eigenvalue weighted by molar-refractivity contribution is 6.02. The van der Waals surface area contributed by atoms with Crippen LogP contribution in [-0.2, 0) is 0 Å². The van der Waals surface area contributed by atoms with E-state index in [1.807, 2.05) is 0 Å². The first-order valence-electron chi connectivity index (χ1n) is 6.83. The molecule has 3 rings (SSSR count). The van der Waals surface area contributed by atoms with Crippen LogP contribution >= 0.6 is 0 Å². The summed E-state index contributed by atoms with van der Waals surface area (Å²) in [6, 6.07) is 13.4. The Kier molecular flexibility index (Phi) is 3.84. The standard InChI is InChI=1S/C17H10F3NO3/c18-17(19,20)24-12-5-1-4-11(9-12)14-8-7-10-3-2-6-13(16(22)23)15(10)21-14/h1-9H,(H,22,23). The van der Waals surface area contributed by atoms with Crippen LogP contribution < -0.4 is 4.74 Å². The predicted octanol–water partition coefficient (Wildman–Crippen LogP) is 4.50. The van der Waals surface area contributed by atoms with Crippen molar-refractivity contribution in [1.82, 2.24) is 4.98 Å². The maximum atomic E-state index is 12.3. The Labute approximate surface area is 134 Å². The summed E-state index contributed by atoms with van der Waals surface area (Å²) in [6.45, 7) is 0. The van der Waals surface area contributed by atoms with Crippen molar-refractivity contribution in [2.45, 2.75) is 6.36 Å². The van der Waals surface area contributed by atoms with Gasteiger partial charge in [0.05, 0.1) is 16.8 Å². The first kappa shape index (κ1) is 15.8. The van der Waals surface area contributed by atoms with E-state index in [2.05, 4.69) is 9.72 Å². The van der Waals surface area contributed by atoms with Gasteiger partial charge in [-0.15, -0.1) is 13.2 Å². The molecule has 1 N–H and O–H groups in total. The van der Waals surface area contributed by atoms with E-state index in [0.29, 0.717) is 16.6 Å². The number of pyridine rings is 1. The van der Waals surface area contributed by atoms with Gasteiger partial charge in [-0.2, -0.15) is 0 Å². The second-order valence-corrected chi connectivity index (χ2v) is 4.95. The molecule has 3 aromatic rings. The van der Waals surface area contributed by atoms with Crippen LogP contribution in [0.1, 0.15) is 10.4 Å². The fraction of sp³-hybridized carbons (Fsp3) is 0.0588. The number of hydrogen-bond acceptors (Lipinski definition) is 3. The summed E-state index contributed by atoms with van der Waals surface area (Å²) in [5.41, 5.74) is 1.03. The molecule has 0 aliphatic rings. The van der Waals surface area contributed by atoms with Gasteiger partial charge >= 0.3 is 12.3 Å². The quantitative estimate of drug-likeness (QED) is 0.767. The number of para-hydroxylation sites is 1. The molecule has 0 spiro atoms. The summed E-state index contributed by atoms with van der Waals surface area (Å²) < 4.78 is 40.9. The minimum Gasteiger partial charge on any atom is -0.478 e. The van der Waals surface area contributed by atoms with Gasteiger partial charge in [0.2, 0.25) is 0 Å². The number of aromatic carboxylic acids is 1. The molecular weight excluding hydrogens is 323 g/mol. The lowest BCUT2D eigenvalue weighted by atomic mass is 10.1. The Morgan fingerprint density at radius 1 is 1.04 bits per heavy atom. The van der Waals surface area contributed by atoms with Gasteiger partial charge in [0.25, 0.3) is 0 Å².